The molecule has 0 saturated carbocycles. The summed E-state index contributed by atoms with van der Waals surface area (Å²) in [6.07, 6.45) is 2.60. The molecule has 0 spiro atoms. The summed E-state index contributed by atoms with van der Waals surface area (Å²) in [5.74, 6) is -0.694. The molecule has 1 aromatic heterocycles. The van der Waals surface area contributed by atoms with Gasteiger partial charge >= 0.3 is 0 Å². The Hall–Kier alpha value is -3.00. The summed E-state index contributed by atoms with van der Waals surface area (Å²) in [5.41, 5.74) is 1.87. The second kappa shape index (κ2) is 5.89. The molecule has 1 N–H and O–H groups in total. The summed E-state index contributed by atoms with van der Waals surface area (Å²) in [4.78, 5) is 28.4. The molecule has 0 bridgehead atoms. The highest BCUT2D eigenvalue weighted by atomic mass is 32.2. The number of thioether (sulfide) groups is 1. The maximum absolute atomic E-state index is 12.5. The number of nitrogens with one attached hydrogen (secondary N) is 1. The number of hydrogen-bond acceptors (Lipinski definition) is 6. The molecule has 8 heteroatoms. The minimum Gasteiger partial charge on any atom is -0.463 e. The molecule has 24 heavy (non-hydrogen) atoms. The van der Waals surface area contributed by atoms with E-state index in [1.165, 1.54) is 22.9 Å². The maximum atomic E-state index is 12.5. The molecular weight excluding hydrogens is 328 g/mol. The summed E-state index contributed by atoms with van der Waals surface area (Å²) >= 11 is 1.16. The molecule has 2 aliphatic heterocycles. The van der Waals surface area contributed by atoms with E-state index in [0.717, 1.165) is 11.8 Å². The Morgan fingerprint density at radius 1 is 1.25 bits per heavy atom. The smallest absolute Gasteiger partial charge is 0.283 e. The van der Waals surface area contributed by atoms with Crippen LogP contribution >= 0.6 is 11.8 Å². The average molecular weight is 340 g/mol. The Balaban J connectivity index is 0.00000169. The third-order valence-corrected chi connectivity index (χ3v) is 4.08. The number of aliphatic imine (C=N–C) groups is 1. The van der Waals surface area contributed by atoms with Crippen LogP contribution in [0.2, 0.25) is 0 Å². The van der Waals surface area contributed by atoms with Crippen molar-refractivity contribution in [1.82, 2.24) is 5.01 Å². The van der Waals surface area contributed by atoms with Gasteiger partial charge in [0.05, 0.1) is 22.1 Å². The molecule has 1 aromatic carbocycles. The number of nitrogens with zero attached hydrogens (tertiary/aromatic N) is 3. The zero-order chi connectivity index (χ0) is 16.0. The molecule has 0 atom stereocenters. The number of amidine groups is 2. The SMILES string of the molecule is C.N=C1/C(=C/c2coc3ccccc3c2=O)C(=O)N=C2SC=NN12. The van der Waals surface area contributed by atoms with Gasteiger partial charge in [-0.2, -0.15) is 15.1 Å². The van der Waals surface area contributed by atoms with Crippen molar-refractivity contribution in [3.63, 3.8) is 0 Å². The van der Waals surface area contributed by atoms with E-state index >= 15 is 0 Å². The van der Waals surface area contributed by atoms with Gasteiger partial charge in [0.1, 0.15) is 11.8 Å². The third kappa shape index (κ3) is 2.37. The predicted octanol–water partition coefficient (Wildman–Crippen LogP) is 2.68. The molecule has 0 radical (unpaired) electrons. The second-order valence-corrected chi connectivity index (χ2v) is 5.58. The number of carbonyl (C=O) groups excluding carboxylic acids is 1. The van der Waals surface area contributed by atoms with Gasteiger partial charge in [0.25, 0.3) is 5.91 Å². The highest BCUT2D eigenvalue weighted by Crippen LogP contribution is 2.24. The summed E-state index contributed by atoms with van der Waals surface area (Å²) in [7, 11) is 0. The Bertz CT molecular complexity index is 1020. The number of hydrogen-bond donors (Lipinski definition) is 1. The van der Waals surface area contributed by atoms with Crippen LogP contribution in [0.4, 0.5) is 0 Å². The van der Waals surface area contributed by atoms with Crippen LogP contribution in [-0.2, 0) is 4.79 Å². The molecule has 4 rings (SSSR count). The van der Waals surface area contributed by atoms with Crippen molar-refractivity contribution in [2.75, 3.05) is 0 Å². The second-order valence-electron chi connectivity index (χ2n) is 4.77. The minimum absolute atomic E-state index is 0. The maximum Gasteiger partial charge on any atom is 0.283 e. The Morgan fingerprint density at radius 2 is 2.04 bits per heavy atom. The van der Waals surface area contributed by atoms with Crippen molar-refractivity contribution >= 4 is 51.3 Å². The first-order valence-electron chi connectivity index (χ1n) is 6.58. The van der Waals surface area contributed by atoms with Gasteiger partial charge in [-0.1, -0.05) is 19.6 Å². The van der Waals surface area contributed by atoms with Gasteiger partial charge in [-0.05, 0) is 30.0 Å². The van der Waals surface area contributed by atoms with E-state index in [0.29, 0.717) is 16.1 Å². The first-order valence-corrected chi connectivity index (χ1v) is 7.46. The van der Waals surface area contributed by atoms with Gasteiger partial charge in [0.15, 0.2) is 16.4 Å². The first kappa shape index (κ1) is 15.9. The lowest BCUT2D eigenvalue weighted by Gasteiger charge is -2.20. The lowest BCUT2D eigenvalue weighted by atomic mass is 10.1. The molecule has 1 amide bonds. The Labute approximate surface area is 140 Å². The standard InChI is InChI=1S/C15H8N4O3S.CH4/c16-13-10(14(21)18-15-19(13)17-7-23-15)5-8-6-22-11-4-2-1-3-9(11)12(8)20;/h1-7,16H;1H4/b10-5-,16-13?;. The molecule has 0 saturated heterocycles. The van der Waals surface area contributed by atoms with Gasteiger partial charge in [-0.25, -0.2) is 0 Å². The lowest BCUT2D eigenvalue weighted by molar-refractivity contribution is -0.114. The average Bonchev–Trinajstić information content (AvgIpc) is 3.02. The van der Waals surface area contributed by atoms with Crippen LogP contribution in [0.5, 0.6) is 0 Å². The van der Waals surface area contributed by atoms with E-state index in [-0.39, 0.29) is 29.8 Å². The quantitative estimate of drug-likeness (QED) is 0.805. The fourth-order valence-electron chi connectivity index (χ4n) is 2.28. The molecular formula is C16H12N4O3S. The van der Waals surface area contributed by atoms with E-state index in [1.54, 1.807) is 24.3 Å². The largest absolute Gasteiger partial charge is 0.463 e. The summed E-state index contributed by atoms with van der Waals surface area (Å²) in [6, 6.07) is 6.84. The van der Waals surface area contributed by atoms with E-state index in [1.807, 2.05) is 0 Å². The van der Waals surface area contributed by atoms with Gasteiger partial charge < -0.3 is 4.42 Å². The molecule has 2 aliphatic rings. The molecule has 120 valence electrons. The molecule has 0 aliphatic carbocycles. The van der Waals surface area contributed by atoms with Crippen molar-refractivity contribution in [2.45, 2.75) is 7.43 Å². The lowest BCUT2D eigenvalue weighted by Crippen LogP contribution is -2.35. The van der Waals surface area contributed by atoms with Gasteiger partial charge in [-0.15, -0.1) is 0 Å². The van der Waals surface area contributed by atoms with Crippen molar-refractivity contribution < 1.29 is 9.21 Å². The van der Waals surface area contributed by atoms with E-state index in [2.05, 4.69) is 10.1 Å². The first-order chi connectivity index (χ1) is 11.1. The zero-order valence-corrected chi connectivity index (χ0v) is 12.3. The molecule has 0 fully saturated rings. The van der Waals surface area contributed by atoms with Crippen LogP contribution < -0.4 is 5.43 Å². The molecule has 0 unspecified atom stereocenters. The number of amides is 1. The third-order valence-electron chi connectivity index (χ3n) is 3.40. The topological polar surface area (TPSA) is 99.1 Å². The predicted molar refractivity (Wildman–Crippen MR) is 95.3 cm³/mol. The van der Waals surface area contributed by atoms with Crippen LogP contribution in [0.3, 0.4) is 0 Å². The van der Waals surface area contributed by atoms with E-state index in [4.69, 9.17) is 9.83 Å². The van der Waals surface area contributed by atoms with Gasteiger partial charge in [0.2, 0.25) is 0 Å². The minimum atomic E-state index is -0.577. The highest BCUT2D eigenvalue weighted by molar-refractivity contribution is 8.25. The molecule has 7 nitrogen and oxygen atoms in total. The van der Waals surface area contributed by atoms with E-state index in [9.17, 15) is 9.59 Å². The van der Waals surface area contributed by atoms with Crippen LogP contribution in [-0.4, -0.2) is 27.5 Å². The fourth-order valence-corrected chi connectivity index (χ4v) is 2.89. The number of para-hydroxylation sites is 1. The number of carbonyl (C=O) groups is 1. The van der Waals surface area contributed by atoms with Gasteiger partial charge in [-0.3, -0.25) is 15.0 Å². The highest BCUT2D eigenvalue weighted by Gasteiger charge is 2.32. The number of rotatable bonds is 1. The van der Waals surface area contributed by atoms with E-state index < -0.39 is 5.91 Å². The van der Waals surface area contributed by atoms with Crippen molar-refractivity contribution in [3.8, 4) is 0 Å². The zero-order valence-electron chi connectivity index (χ0n) is 11.5. The van der Waals surface area contributed by atoms with Crippen LogP contribution in [0.1, 0.15) is 13.0 Å². The van der Waals surface area contributed by atoms with Crippen molar-refractivity contribution in [1.29, 1.82) is 5.41 Å². The van der Waals surface area contributed by atoms with Crippen molar-refractivity contribution in [2.24, 2.45) is 10.1 Å². The summed E-state index contributed by atoms with van der Waals surface area (Å²) in [5, 5.41) is 14.0. The Kier molecular flexibility index (Phi) is 3.90. The normalized spacial score (nSPS) is 17.9. The monoisotopic (exact) mass is 340 g/mol. The summed E-state index contributed by atoms with van der Waals surface area (Å²) < 4.78 is 5.41. The fraction of sp³-hybridized carbons (Fsp3) is 0.0625. The summed E-state index contributed by atoms with van der Waals surface area (Å²) in [6.45, 7) is 0. The number of benzene rings is 1. The Morgan fingerprint density at radius 3 is 2.88 bits per heavy atom. The van der Waals surface area contributed by atoms with Crippen LogP contribution in [0, 0.1) is 5.41 Å². The van der Waals surface area contributed by atoms with Crippen LogP contribution in [0.25, 0.3) is 17.0 Å². The van der Waals surface area contributed by atoms with Crippen LogP contribution in [0.15, 0.2) is 55.4 Å². The van der Waals surface area contributed by atoms with Crippen molar-refractivity contribution in [3.05, 3.63) is 51.9 Å². The number of fused-ring (bicyclic) bond motifs is 2. The van der Waals surface area contributed by atoms with Gasteiger partial charge in [0, 0.05) is 0 Å². The molecule has 2 aromatic rings. The number of hydrazone groups is 1. The molecule has 3 heterocycles.